The number of likely N-dealkylation sites (N-methyl/N-ethyl adjacent to an activating group) is 1. The molecule has 0 aliphatic rings. The molecular formula is C21H29N2O4+. The Hall–Kier alpha value is -2.57. The maximum absolute atomic E-state index is 10.7. The molecule has 0 saturated heterocycles. The van der Waals surface area contributed by atoms with E-state index in [1.807, 2.05) is 12.1 Å². The number of phenols is 1. The third-order valence-electron chi connectivity index (χ3n) is 5.15. The molecule has 2 rings (SSSR count). The third-order valence-corrected chi connectivity index (χ3v) is 5.15. The number of anilines is 1. The number of benzene rings is 2. The summed E-state index contributed by atoms with van der Waals surface area (Å²) >= 11 is 0. The third kappa shape index (κ3) is 5.45. The fourth-order valence-electron chi connectivity index (χ4n) is 3.02. The van der Waals surface area contributed by atoms with Crippen LogP contribution < -0.4 is 10.1 Å². The molecule has 2 aromatic carbocycles. The first-order valence-electron chi connectivity index (χ1n) is 8.93. The number of hydrogen-bond donors (Lipinski definition) is 3. The number of rotatable bonds is 9. The van der Waals surface area contributed by atoms with E-state index in [1.54, 1.807) is 19.2 Å². The van der Waals surface area contributed by atoms with Crippen LogP contribution in [0.1, 0.15) is 24.2 Å². The van der Waals surface area contributed by atoms with Gasteiger partial charge in [0.05, 0.1) is 32.9 Å². The molecule has 3 N–H and O–H groups in total. The molecule has 6 heteroatoms. The fourth-order valence-corrected chi connectivity index (χ4v) is 3.02. The van der Waals surface area contributed by atoms with Crippen LogP contribution in [0.25, 0.3) is 0 Å². The minimum atomic E-state index is -0.717. The van der Waals surface area contributed by atoms with Crippen LogP contribution in [0.5, 0.6) is 11.5 Å². The van der Waals surface area contributed by atoms with Crippen LogP contribution in [0.15, 0.2) is 42.5 Å². The highest BCUT2D eigenvalue weighted by molar-refractivity contribution is 5.75. The van der Waals surface area contributed by atoms with E-state index in [0.29, 0.717) is 23.0 Å². The van der Waals surface area contributed by atoms with E-state index in [4.69, 9.17) is 4.74 Å². The molecule has 2 unspecified atom stereocenters. The maximum atomic E-state index is 10.7. The van der Waals surface area contributed by atoms with Crippen LogP contribution in [0.3, 0.4) is 0 Å². The lowest BCUT2D eigenvalue weighted by atomic mass is 10.0. The topological polar surface area (TPSA) is 78.8 Å². The van der Waals surface area contributed by atoms with E-state index >= 15 is 0 Å². The summed E-state index contributed by atoms with van der Waals surface area (Å²) in [4.78, 5) is 10.6. The zero-order valence-electron chi connectivity index (χ0n) is 16.3. The van der Waals surface area contributed by atoms with Gasteiger partial charge < -0.3 is 24.7 Å². The summed E-state index contributed by atoms with van der Waals surface area (Å²) in [5.74, 6) is 0.808. The number of phenolic OH excluding ortho intramolecular Hbond substituents is 1. The molecule has 2 atom stereocenters. The quantitative estimate of drug-likeness (QED) is 0.359. The number of aromatic hydroxyl groups is 1. The molecule has 6 nitrogen and oxygen atoms in total. The van der Waals surface area contributed by atoms with Gasteiger partial charge in [-0.2, -0.15) is 0 Å². The smallest absolute Gasteiger partial charge is 0.211 e. The van der Waals surface area contributed by atoms with E-state index in [2.05, 4.69) is 38.5 Å². The van der Waals surface area contributed by atoms with Crippen molar-refractivity contribution < 1.29 is 24.2 Å². The molecule has 0 spiro atoms. The first-order chi connectivity index (χ1) is 12.8. The van der Waals surface area contributed by atoms with E-state index in [0.717, 1.165) is 12.2 Å². The predicted octanol–water partition coefficient (Wildman–Crippen LogP) is 2.71. The van der Waals surface area contributed by atoms with Crippen molar-refractivity contribution in [2.45, 2.75) is 25.5 Å². The summed E-state index contributed by atoms with van der Waals surface area (Å²) in [6.07, 6.45) is 0.658. The number of aliphatic hydroxyl groups is 1. The van der Waals surface area contributed by atoms with Gasteiger partial charge in [-0.3, -0.25) is 4.79 Å². The lowest BCUT2D eigenvalue weighted by Crippen LogP contribution is -2.50. The van der Waals surface area contributed by atoms with Gasteiger partial charge in [0, 0.05) is 6.42 Å². The molecule has 0 aliphatic carbocycles. The van der Waals surface area contributed by atoms with E-state index in [-0.39, 0.29) is 17.5 Å². The average molecular weight is 373 g/mol. The second-order valence-corrected chi connectivity index (χ2v) is 7.42. The van der Waals surface area contributed by atoms with Crippen molar-refractivity contribution in [3.8, 4) is 11.5 Å². The molecule has 0 aliphatic heterocycles. The molecule has 0 radical (unpaired) electrons. The zero-order valence-corrected chi connectivity index (χ0v) is 16.3. The Kier molecular flexibility index (Phi) is 6.82. The van der Waals surface area contributed by atoms with E-state index in [1.165, 1.54) is 11.6 Å². The van der Waals surface area contributed by atoms with E-state index < -0.39 is 6.10 Å². The fraction of sp³-hybridized carbons (Fsp3) is 0.381. The molecule has 146 valence electrons. The first-order valence-corrected chi connectivity index (χ1v) is 8.93. The number of carbonyl (C=O) groups excluding carboxylic acids is 1. The van der Waals surface area contributed by atoms with Crippen LogP contribution in [0, 0.1) is 0 Å². The highest BCUT2D eigenvalue weighted by Crippen LogP contribution is 2.28. The second kappa shape index (κ2) is 8.88. The molecule has 0 heterocycles. The van der Waals surface area contributed by atoms with Gasteiger partial charge in [-0.15, -0.1) is 0 Å². The van der Waals surface area contributed by atoms with Crippen LogP contribution in [0.2, 0.25) is 0 Å². The average Bonchev–Trinajstić information content (AvgIpc) is 2.64. The lowest BCUT2D eigenvalue weighted by molar-refractivity contribution is -0.916. The van der Waals surface area contributed by atoms with Crippen molar-refractivity contribution in [1.82, 2.24) is 0 Å². The summed E-state index contributed by atoms with van der Waals surface area (Å²) in [6, 6.07) is 13.0. The monoisotopic (exact) mass is 373 g/mol. The SMILES string of the molecule is COc1ccc(CC(C)[N+](C)(C)CC(O)c2ccc(O)c(NC=O)c2)cc1. The van der Waals surface area contributed by atoms with Gasteiger partial charge in [0.2, 0.25) is 6.41 Å². The van der Waals surface area contributed by atoms with Gasteiger partial charge in [0.25, 0.3) is 0 Å². The largest absolute Gasteiger partial charge is 0.506 e. The number of quaternary nitrogens is 1. The Labute approximate surface area is 160 Å². The maximum Gasteiger partial charge on any atom is 0.211 e. The van der Waals surface area contributed by atoms with Gasteiger partial charge in [-0.05, 0) is 42.3 Å². The normalized spacial score (nSPS) is 13.7. The van der Waals surface area contributed by atoms with Crippen LogP contribution >= 0.6 is 0 Å². The number of carbonyl (C=O) groups is 1. The van der Waals surface area contributed by atoms with E-state index in [9.17, 15) is 15.0 Å². The van der Waals surface area contributed by atoms with Crippen molar-refractivity contribution in [3.05, 3.63) is 53.6 Å². The summed E-state index contributed by atoms with van der Waals surface area (Å²) in [6.45, 7) is 2.66. The van der Waals surface area contributed by atoms with Gasteiger partial charge in [-0.1, -0.05) is 18.2 Å². The zero-order chi connectivity index (χ0) is 20.0. The van der Waals surface area contributed by atoms with Crippen molar-refractivity contribution in [2.24, 2.45) is 0 Å². The van der Waals surface area contributed by atoms with Crippen LogP contribution in [-0.4, -0.2) is 54.9 Å². The predicted molar refractivity (Wildman–Crippen MR) is 106 cm³/mol. The molecule has 0 bridgehead atoms. The summed E-state index contributed by atoms with van der Waals surface area (Å²) in [7, 11) is 5.82. The summed E-state index contributed by atoms with van der Waals surface area (Å²) < 4.78 is 5.81. The Morgan fingerprint density at radius 2 is 1.85 bits per heavy atom. The number of nitrogens with zero attached hydrogens (tertiary/aromatic N) is 1. The molecule has 0 aromatic heterocycles. The van der Waals surface area contributed by atoms with Gasteiger partial charge in [0.15, 0.2) is 0 Å². The lowest BCUT2D eigenvalue weighted by Gasteiger charge is -2.38. The van der Waals surface area contributed by atoms with Crippen LogP contribution in [-0.2, 0) is 11.2 Å². The van der Waals surface area contributed by atoms with Gasteiger partial charge in [-0.25, -0.2) is 0 Å². The number of ether oxygens (including phenoxy) is 1. The number of methoxy groups -OCH3 is 1. The van der Waals surface area contributed by atoms with Crippen molar-refractivity contribution in [1.29, 1.82) is 0 Å². The number of nitrogens with one attached hydrogen (secondary N) is 1. The Morgan fingerprint density at radius 1 is 1.19 bits per heavy atom. The Balaban J connectivity index is 2.06. The first kappa shape index (κ1) is 20.7. The molecule has 1 amide bonds. The minimum Gasteiger partial charge on any atom is -0.506 e. The Bertz CT molecular complexity index is 759. The number of aliphatic hydroxyl groups excluding tert-OH is 1. The standard InChI is InChI=1S/C21H28N2O4/c1-15(11-16-5-8-18(27-4)9-6-16)23(2,3)13-21(26)17-7-10-20(25)19(12-17)22-14-24/h5-10,12,14-15,21,26H,11,13H2,1-4H3,(H-,22,24,25)/p+1. The van der Waals surface area contributed by atoms with Crippen molar-refractivity contribution in [2.75, 3.05) is 33.1 Å². The van der Waals surface area contributed by atoms with Crippen LogP contribution in [0.4, 0.5) is 5.69 Å². The summed E-state index contributed by atoms with van der Waals surface area (Å²) in [5.41, 5.74) is 2.16. The highest BCUT2D eigenvalue weighted by Gasteiger charge is 2.28. The summed E-state index contributed by atoms with van der Waals surface area (Å²) in [5, 5.41) is 22.9. The molecule has 0 saturated carbocycles. The van der Waals surface area contributed by atoms with Crippen molar-refractivity contribution >= 4 is 12.1 Å². The minimum absolute atomic E-state index is 0.0281. The van der Waals surface area contributed by atoms with Crippen molar-refractivity contribution in [3.63, 3.8) is 0 Å². The number of hydrogen-bond acceptors (Lipinski definition) is 4. The Morgan fingerprint density at radius 3 is 2.44 bits per heavy atom. The van der Waals surface area contributed by atoms with Gasteiger partial charge in [0.1, 0.15) is 24.1 Å². The number of amides is 1. The molecule has 2 aromatic rings. The second-order valence-electron chi connectivity index (χ2n) is 7.42. The van der Waals surface area contributed by atoms with Gasteiger partial charge >= 0.3 is 0 Å². The molecule has 27 heavy (non-hydrogen) atoms. The molecular weight excluding hydrogens is 344 g/mol. The molecule has 0 fully saturated rings. The highest BCUT2D eigenvalue weighted by atomic mass is 16.5.